The second-order valence-electron chi connectivity index (χ2n) is 6.43. The molecule has 0 atom stereocenters. The van der Waals surface area contributed by atoms with Crippen molar-refractivity contribution in [2.75, 3.05) is 33.8 Å². The van der Waals surface area contributed by atoms with Crippen molar-refractivity contribution in [2.24, 2.45) is 0 Å². The Labute approximate surface area is 151 Å². The first-order chi connectivity index (χ1) is 12.1. The van der Waals surface area contributed by atoms with Crippen LogP contribution in [0, 0.1) is 6.92 Å². The molecule has 136 valence electrons. The Bertz CT molecular complexity index is 639. The van der Waals surface area contributed by atoms with Gasteiger partial charge in [0.1, 0.15) is 6.61 Å². The fraction of sp³-hybridized carbons (Fsp3) is 0.429. The van der Waals surface area contributed by atoms with Crippen LogP contribution in [0.2, 0.25) is 0 Å². The van der Waals surface area contributed by atoms with E-state index in [4.69, 9.17) is 9.47 Å². The lowest BCUT2D eigenvalue weighted by molar-refractivity contribution is 0.266. The third-order valence-electron chi connectivity index (χ3n) is 3.92. The van der Waals surface area contributed by atoms with E-state index in [0.29, 0.717) is 13.2 Å². The van der Waals surface area contributed by atoms with Crippen molar-refractivity contribution in [3.63, 3.8) is 0 Å². The number of benzene rings is 2. The lowest BCUT2D eigenvalue weighted by Gasteiger charge is -2.17. The zero-order valence-corrected chi connectivity index (χ0v) is 15.8. The standard InChI is InChI=1S/C21H30N2O2/c1-5-24-20-8-6-7-19(15-22-13-14-23(3)4)21(20)25-16-18-11-9-17(2)10-12-18/h6-12,22H,5,13-16H2,1-4H3. The van der Waals surface area contributed by atoms with Gasteiger partial charge in [0.25, 0.3) is 0 Å². The van der Waals surface area contributed by atoms with Gasteiger partial charge in [0.2, 0.25) is 0 Å². The summed E-state index contributed by atoms with van der Waals surface area (Å²) in [5.74, 6) is 1.64. The van der Waals surface area contributed by atoms with Crippen LogP contribution in [-0.2, 0) is 13.2 Å². The van der Waals surface area contributed by atoms with Crippen molar-refractivity contribution >= 4 is 0 Å². The van der Waals surface area contributed by atoms with Crippen LogP contribution in [0.3, 0.4) is 0 Å². The predicted octanol–water partition coefficient (Wildman–Crippen LogP) is 3.62. The highest BCUT2D eigenvalue weighted by molar-refractivity contribution is 5.46. The molecule has 2 aromatic carbocycles. The molecule has 1 N–H and O–H groups in total. The predicted molar refractivity (Wildman–Crippen MR) is 103 cm³/mol. The number of likely N-dealkylation sites (N-methyl/N-ethyl adjacent to an activating group) is 1. The molecule has 0 bridgehead atoms. The molecule has 0 aliphatic rings. The Kier molecular flexibility index (Phi) is 7.76. The van der Waals surface area contributed by atoms with Crippen molar-refractivity contribution in [1.82, 2.24) is 10.2 Å². The quantitative estimate of drug-likeness (QED) is 0.669. The minimum atomic E-state index is 0.537. The van der Waals surface area contributed by atoms with Crippen LogP contribution < -0.4 is 14.8 Å². The molecule has 0 saturated heterocycles. The van der Waals surface area contributed by atoms with Gasteiger partial charge in [-0.05, 0) is 39.6 Å². The number of para-hydroxylation sites is 1. The van der Waals surface area contributed by atoms with Crippen molar-refractivity contribution in [2.45, 2.75) is 27.0 Å². The molecule has 4 nitrogen and oxygen atoms in total. The zero-order chi connectivity index (χ0) is 18.1. The molecule has 2 aromatic rings. The zero-order valence-electron chi connectivity index (χ0n) is 15.8. The molecule has 0 aliphatic heterocycles. The second-order valence-corrected chi connectivity index (χ2v) is 6.43. The number of ether oxygens (including phenoxy) is 2. The third-order valence-corrected chi connectivity index (χ3v) is 3.92. The van der Waals surface area contributed by atoms with Gasteiger partial charge in [0, 0.05) is 25.2 Å². The molecule has 0 amide bonds. The van der Waals surface area contributed by atoms with Gasteiger partial charge in [-0.25, -0.2) is 0 Å². The lowest BCUT2D eigenvalue weighted by Crippen LogP contribution is -2.26. The molecular weight excluding hydrogens is 312 g/mol. The maximum atomic E-state index is 6.15. The molecule has 2 rings (SSSR count). The summed E-state index contributed by atoms with van der Waals surface area (Å²) in [6.45, 7) is 7.94. The topological polar surface area (TPSA) is 33.7 Å². The highest BCUT2D eigenvalue weighted by Crippen LogP contribution is 2.32. The van der Waals surface area contributed by atoms with Crippen molar-refractivity contribution in [3.05, 3.63) is 59.2 Å². The summed E-state index contributed by atoms with van der Waals surface area (Å²) in [4.78, 5) is 2.17. The summed E-state index contributed by atoms with van der Waals surface area (Å²) in [6, 6.07) is 14.5. The van der Waals surface area contributed by atoms with E-state index in [1.165, 1.54) is 5.56 Å². The summed E-state index contributed by atoms with van der Waals surface area (Å²) >= 11 is 0. The van der Waals surface area contributed by atoms with Crippen LogP contribution in [0.25, 0.3) is 0 Å². The minimum Gasteiger partial charge on any atom is -0.490 e. The molecule has 0 fully saturated rings. The number of hydrogen-bond donors (Lipinski definition) is 1. The monoisotopic (exact) mass is 342 g/mol. The number of nitrogens with one attached hydrogen (secondary N) is 1. The van der Waals surface area contributed by atoms with Gasteiger partial charge in [-0.1, -0.05) is 42.0 Å². The Morgan fingerprint density at radius 2 is 1.76 bits per heavy atom. The van der Waals surface area contributed by atoms with E-state index in [2.05, 4.69) is 61.6 Å². The van der Waals surface area contributed by atoms with Crippen LogP contribution in [0.15, 0.2) is 42.5 Å². The molecule has 0 spiro atoms. The van der Waals surface area contributed by atoms with Crippen LogP contribution in [-0.4, -0.2) is 38.7 Å². The largest absolute Gasteiger partial charge is 0.490 e. The summed E-state index contributed by atoms with van der Waals surface area (Å²) in [5, 5.41) is 3.47. The molecule has 0 radical (unpaired) electrons. The highest BCUT2D eigenvalue weighted by atomic mass is 16.5. The van der Waals surface area contributed by atoms with E-state index >= 15 is 0 Å². The van der Waals surface area contributed by atoms with Crippen molar-refractivity contribution in [1.29, 1.82) is 0 Å². The third kappa shape index (κ3) is 6.40. The van der Waals surface area contributed by atoms with E-state index in [-0.39, 0.29) is 0 Å². The van der Waals surface area contributed by atoms with E-state index in [1.807, 2.05) is 19.1 Å². The normalized spacial score (nSPS) is 10.9. The van der Waals surface area contributed by atoms with Crippen LogP contribution in [0.4, 0.5) is 0 Å². The maximum absolute atomic E-state index is 6.15. The highest BCUT2D eigenvalue weighted by Gasteiger charge is 2.11. The van der Waals surface area contributed by atoms with Crippen LogP contribution in [0.1, 0.15) is 23.6 Å². The summed E-state index contributed by atoms with van der Waals surface area (Å²) in [6.07, 6.45) is 0. The fourth-order valence-corrected chi connectivity index (χ4v) is 2.50. The van der Waals surface area contributed by atoms with Gasteiger partial charge in [0.05, 0.1) is 6.61 Å². The number of hydrogen-bond acceptors (Lipinski definition) is 4. The molecule has 25 heavy (non-hydrogen) atoms. The fourth-order valence-electron chi connectivity index (χ4n) is 2.50. The van der Waals surface area contributed by atoms with E-state index in [1.54, 1.807) is 0 Å². The van der Waals surface area contributed by atoms with Gasteiger partial charge in [0.15, 0.2) is 11.5 Å². The first kappa shape index (κ1) is 19.3. The first-order valence-electron chi connectivity index (χ1n) is 8.88. The maximum Gasteiger partial charge on any atom is 0.166 e. The second kappa shape index (κ2) is 10.1. The number of nitrogens with zero attached hydrogens (tertiary/aromatic N) is 1. The van der Waals surface area contributed by atoms with E-state index in [0.717, 1.165) is 42.3 Å². The Hall–Kier alpha value is -2.04. The summed E-state index contributed by atoms with van der Waals surface area (Å²) < 4.78 is 11.9. The number of rotatable bonds is 10. The molecule has 0 heterocycles. The van der Waals surface area contributed by atoms with Gasteiger partial charge in [-0.15, -0.1) is 0 Å². The van der Waals surface area contributed by atoms with Crippen molar-refractivity contribution < 1.29 is 9.47 Å². The van der Waals surface area contributed by atoms with Crippen molar-refractivity contribution in [3.8, 4) is 11.5 Å². The summed E-state index contributed by atoms with van der Waals surface area (Å²) in [7, 11) is 4.15. The molecule has 0 saturated carbocycles. The lowest BCUT2D eigenvalue weighted by atomic mass is 10.1. The van der Waals surface area contributed by atoms with Gasteiger partial charge in [-0.3, -0.25) is 0 Å². The smallest absolute Gasteiger partial charge is 0.166 e. The number of aryl methyl sites for hydroxylation is 1. The molecule has 0 aromatic heterocycles. The SMILES string of the molecule is CCOc1cccc(CNCCN(C)C)c1OCc1ccc(C)cc1. The van der Waals surface area contributed by atoms with Crippen LogP contribution >= 0.6 is 0 Å². The molecule has 0 unspecified atom stereocenters. The van der Waals surface area contributed by atoms with E-state index < -0.39 is 0 Å². The Morgan fingerprint density at radius 3 is 2.44 bits per heavy atom. The molecular formula is C21H30N2O2. The van der Waals surface area contributed by atoms with Gasteiger partial charge in [-0.2, -0.15) is 0 Å². The first-order valence-corrected chi connectivity index (χ1v) is 8.88. The van der Waals surface area contributed by atoms with Gasteiger partial charge >= 0.3 is 0 Å². The average molecular weight is 342 g/mol. The average Bonchev–Trinajstić information content (AvgIpc) is 2.59. The molecule has 4 heteroatoms. The van der Waals surface area contributed by atoms with Crippen LogP contribution in [0.5, 0.6) is 11.5 Å². The Balaban J connectivity index is 2.07. The minimum absolute atomic E-state index is 0.537. The molecule has 0 aliphatic carbocycles. The van der Waals surface area contributed by atoms with E-state index in [9.17, 15) is 0 Å². The van der Waals surface area contributed by atoms with Gasteiger partial charge < -0.3 is 19.7 Å². The summed E-state index contributed by atoms with van der Waals surface area (Å²) in [5.41, 5.74) is 3.53. The Morgan fingerprint density at radius 1 is 1.00 bits per heavy atom.